The molecule has 1 aliphatic rings. The lowest BCUT2D eigenvalue weighted by Crippen LogP contribution is -2.42. The van der Waals surface area contributed by atoms with E-state index in [0.717, 1.165) is 36.3 Å². The van der Waals surface area contributed by atoms with Crippen LogP contribution < -0.4 is 10.2 Å². The maximum atomic E-state index is 13.4. The summed E-state index contributed by atoms with van der Waals surface area (Å²) in [5.41, 5.74) is 1.08. The molecular weight excluding hydrogens is 423 g/mol. The van der Waals surface area contributed by atoms with Crippen LogP contribution in [0.25, 0.3) is 0 Å². The third-order valence-electron chi connectivity index (χ3n) is 5.01. The monoisotopic (exact) mass is 443 g/mol. The number of benzene rings is 2. The van der Waals surface area contributed by atoms with Crippen LogP contribution in [0.15, 0.2) is 41.3 Å². The minimum Gasteiger partial charge on any atom is -0.375 e. The number of piperidine rings is 1. The second kappa shape index (κ2) is 8.50. The van der Waals surface area contributed by atoms with Crippen LogP contribution in [-0.4, -0.2) is 38.2 Å². The van der Waals surface area contributed by atoms with Crippen LogP contribution in [0.5, 0.6) is 0 Å². The van der Waals surface area contributed by atoms with E-state index < -0.39 is 31.1 Å². The van der Waals surface area contributed by atoms with Crippen LogP contribution >= 0.6 is 0 Å². The fourth-order valence-corrected chi connectivity index (χ4v) is 4.31. The second-order valence-electron chi connectivity index (χ2n) is 7.10. The number of sulfone groups is 1. The number of hydrogen-bond acceptors (Lipinski definition) is 6. The van der Waals surface area contributed by atoms with Crippen LogP contribution in [0.4, 0.5) is 30.2 Å². The smallest absolute Gasteiger partial charge is 0.341 e. The number of aryl methyl sites for hydroxylation is 1. The molecule has 1 fully saturated rings. The summed E-state index contributed by atoms with van der Waals surface area (Å²) in [5.74, 6) is -4.00. The molecule has 7 nitrogen and oxygen atoms in total. The van der Waals surface area contributed by atoms with Crippen LogP contribution in [0, 0.1) is 22.9 Å². The minimum atomic E-state index is -4.94. The third-order valence-corrected chi connectivity index (χ3v) is 6.39. The van der Waals surface area contributed by atoms with E-state index >= 15 is 0 Å². The molecular formula is C19H20F3N3O4S. The molecule has 0 aromatic heterocycles. The Morgan fingerprint density at radius 1 is 1.23 bits per heavy atom. The zero-order valence-corrected chi connectivity index (χ0v) is 16.8. The first-order chi connectivity index (χ1) is 14.1. The molecule has 30 heavy (non-hydrogen) atoms. The molecule has 162 valence electrons. The highest BCUT2D eigenvalue weighted by atomic mass is 32.2. The van der Waals surface area contributed by atoms with Crippen molar-refractivity contribution in [2.24, 2.45) is 0 Å². The largest absolute Gasteiger partial charge is 0.375 e. The van der Waals surface area contributed by atoms with Gasteiger partial charge in [-0.25, -0.2) is 12.8 Å². The number of nitro groups is 1. The van der Waals surface area contributed by atoms with E-state index in [0.29, 0.717) is 19.0 Å². The van der Waals surface area contributed by atoms with Crippen molar-refractivity contribution in [2.75, 3.05) is 23.3 Å². The molecule has 1 aliphatic heterocycles. The van der Waals surface area contributed by atoms with Crippen molar-refractivity contribution < 1.29 is 26.5 Å². The van der Waals surface area contributed by atoms with Crippen molar-refractivity contribution >= 4 is 26.9 Å². The maximum Gasteiger partial charge on any atom is 0.341 e. The number of halogens is 3. The maximum absolute atomic E-state index is 13.4. The predicted octanol–water partition coefficient (Wildman–Crippen LogP) is 4.12. The lowest BCUT2D eigenvalue weighted by atomic mass is 10.0. The van der Waals surface area contributed by atoms with Gasteiger partial charge in [0.25, 0.3) is 5.69 Å². The number of nitrogens with zero attached hydrogens (tertiary/aromatic N) is 2. The van der Waals surface area contributed by atoms with Crippen LogP contribution in [-0.2, 0) is 9.84 Å². The Bertz CT molecular complexity index is 1060. The van der Waals surface area contributed by atoms with Crippen molar-refractivity contribution in [3.05, 3.63) is 57.9 Å². The number of hydrogen-bond donors (Lipinski definition) is 1. The summed E-state index contributed by atoms with van der Waals surface area (Å²) in [7, 11) is -4.94. The molecule has 1 saturated heterocycles. The Labute approximate surface area is 171 Å². The van der Waals surface area contributed by atoms with Gasteiger partial charge in [0.1, 0.15) is 11.5 Å². The standard InChI is InChI=1S/C19H20F3N3O4S/c1-12-9-13(20)4-7-17(12)24-8-2-3-14(11-24)23-16-6-5-15(10-18(16)25(26)27)30(28,29)19(21)22/h4-7,9-10,14,19,23H,2-3,8,11H2,1H3/t14-/m1/s1. The molecule has 1 atom stereocenters. The summed E-state index contributed by atoms with van der Waals surface area (Å²) >= 11 is 0. The molecule has 0 aliphatic carbocycles. The quantitative estimate of drug-likeness (QED) is 0.533. The average molecular weight is 443 g/mol. The van der Waals surface area contributed by atoms with E-state index in [1.807, 2.05) is 4.90 Å². The van der Waals surface area contributed by atoms with E-state index in [4.69, 9.17) is 0 Å². The molecule has 0 spiro atoms. The van der Waals surface area contributed by atoms with Gasteiger partial charge >= 0.3 is 5.76 Å². The average Bonchev–Trinajstić information content (AvgIpc) is 2.68. The van der Waals surface area contributed by atoms with Gasteiger partial charge in [0.2, 0.25) is 9.84 Å². The Kier molecular flexibility index (Phi) is 6.20. The van der Waals surface area contributed by atoms with Gasteiger partial charge in [-0.2, -0.15) is 8.78 Å². The number of rotatable bonds is 6. The fraction of sp³-hybridized carbons (Fsp3) is 0.368. The number of alkyl halides is 2. The number of anilines is 2. The lowest BCUT2D eigenvalue weighted by molar-refractivity contribution is -0.384. The number of nitrogens with one attached hydrogen (secondary N) is 1. The zero-order valence-electron chi connectivity index (χ0n) is 16.0. The molecule has 0 unspecified atom stereocenters. The number of nitro benzene ring substituents is 1. The van der Waals surface area contributed by atoms with Crippen LogP contribution in [0.2, 0.25) is 0 Å². The van der Waals surface area contributed by atoms with Gasteiger partial charge in [-0.3, -0.25) is 10.1 Å². The molecule has 1 heterocycles. The van der Waals surface area contributed by atoms with Gasteiger partial charge < -0.3 is 10.2 Å². The van der Waals surface area contributed by atoms with Crippen molar-refractivity contribution in [1.29, 1.82) is 0 Å². The SMILES string of the molecule is Cc1cc(F)ccc1N1CCC[C@@H](Nc2ccc(S(=O)(=O)C(F)F)cc2[N+](=O)[O-])C1. The summed E-state index contributed by atoms with van der Waals surface area (Å²) in [5, 5.41) is 14.4. The normalized spacial score (nSPS) is 17.2. The molecule has 0 amide bonds. The summed E-state index contributed by atoms with van der Waals surface area (Å²) < 4.78 is 62.2. The van der Waals surface area contributed by atoms with Crippen molar-refractivity contribution in [3.63, 3.8) is 0 Å². The van der Waals surface area contributed by atoms with E-state index in [2.05, 4.69) is 5.32 Å². The Hall–Kier alpha value is -2.82. The second-order valence-corrected chi connectivity index (χ2v) is 9.02. The van der Waals surface area contributed by atoms with E-state index in [9.17, 15) is 31.7 Å². The highest BCUT2D eigenvalue weighted by molar-refractivity contribution is 7.91. The molecule has 1 N–H and O–H groups in total. The molecule has 0 bridgehead atoms. The fourth-order valence-electron chi connectivity index (χ4n) is 3.57. The first kappa shape index (κ1) is 21.9. The Balaban J connectivity index is 1.84. The van der Waals surface area contributed by atoms with E-state index in [1.54, 1.807) is 13.0 Å². The first-order valence-corrected chi connectivity index (χ1v) is 10.7. The van der Waals surface area contributed by atoms with Gasteiger partial charge in [0, 0.05) is 30.9 Å². The predicted molar refractivity (Wildman–Crippen MR) is 106 cm³/mol. The third kappa shape index (κ3) is 4.50. The molecule has 2 aromatic carbocycles. The van der Waals surface area contributed by atoms with Crippen molar-refractivity contribution in [3.8, 4) is 0 Å². The summed E-state index contributed by atoms with van der Waals surface area (Å²) in [6.07, 6.45) is 1.48. The summed E-state index contributed by atoms with van der Waals surface area (Å²) in [6.45, 7) is 3.02. The highest BCUT2D eigenvalue weighted by Crippen LogP contribution is 2.32. The van der Waals surface area contributed by atoms with Crippen LogP contribution in [0.3, 0.4) is 0 Å². The Morgan fingerprint density at radius 2 is 1.97 bits per heavy atom. The summed E-state index contributed by atoms with van der Waals surface area (Å²) in [6, 6.07) is 6.98. The summed E-state index contributed by atoms with van der Waals surface area (Å²) in [4.78, 5) is 11.8. The van der Waals surface area contributed by atoms with Crippen LogP contribution in [0.1, 0.15) is 18.4 Å². The molecule has 3 rings (SSSR count). The molecule has 0 saturated carbocycles. The van der Waals surface area contributed by atoms with Gasteiger partial charge in [0.05, 0.1) is 9.82 Å². The first-order valence-electron chi connectivity index (χ1n) is 9.17. The molecule has 2 aromatic rings. The topological polar surface area (TPSA) is 92.6 Å². The van der Waals surface area contributed by atoms with Gasteiger partial charge in [0.15, 0.2) is 0 Å². The van der Waals surface area contributed by atoms with E-state index in [1.165, 1.54) is 12.1 Å². The zero-order chi connectivity index (χ0) is 22.1. The molecule has 0 radical (unpaired) electrons. The van der Waals surface area contributed by atoms with Crippen molar-refractivity contribution in [1.82, 2.24) is 0 Å². The molecule has 11 heteroatoms. The Morgan fingerprint density at radius 3 is 2.60 bits per heavy atom. The highest BCUT2D eigenvalue weighted by Gasteiger charge is 2.30. The van der Waals surface area contributed by atoms with Gasteiger partial charge in [-0.1, -0.05) is 0 Å². The van der Waals surface area contributed by atoms with Crippen molar-refractivity contribution in [2.45, 2.75) is 36.5 Å². The minimum absolute atomic E-state index is 0.0518. The van der Waals surface area contributed by atoms with Gasteiger partial charge in [-0.05, 0) is 55.7 Å². The lowest BCUT2D eigenvalue weighted by Gasteiger charge is -2.36. The van der Waals surface area contributed by atoms with E-state index in [-0.39, 0.29) is 17.5 Å². The van der Waals surface area contributed by atoms with Gasteiger partial charge in [-0.15, -0.1) is 0 Å².